The van der Waals surface area contributed by atoms with Crippen molar-refractivity contribution in [1.29, 1.82) is 0 Å². The molecule has 12 heteroatoms. The van der Waals surface area contributed by atoms with Gasteiger partial charge in [0.15, 0.2) is 0 Å². The summed E-state index contributed by atoms with van der Waals surface area (Å²) < 4.78 is 34.8. The largest absolute Gasteiger partial charge is 0.478 e. The minimum atomic E-state index is -4.99. The van der Waals surface area contributed by atoms with Crippen molar-refractivity contribution in [2.24, 2.45) is 0 Å². The standard InChI is InChI=1S/C11H8BrFN2O7S/c12-7-1-5(11(17)18)2-8(15(19)20)10(7)14-4-6(3-9(14)16)23(13,21)22/h1-2,6H,3-4H2,(H,17,18). The van der Waals surface area contributed by atoms with Crippen LogP contribution in [0.4, 0.5) is 15.3 Å². The Balaban J connectivity index is 2.57. The third-order valence-electron chi connectivity index (χ3n) is 3.24. The Kier molecular flexibility index (Phi) is 4.39. The predicted octanol–water partition coefficient (Wildman–Crippen LogP) is 1.46. The Morgan fingerprint density at radius 3 is 2.52 bits per heavy atom. The smallest absolute Gasteiger partial charge is 0.335 e. The number of halogens is 2. The number of rotatable bonds is 4. The number of nitrogens with zero attached hydrogens (tertiary/aromatic N) is 2. The Hall–Kier alpha value is -2.08. The first-order valence-electron chi connectivity index (χ1n) is 5.97. The SMILES string of the molecule is O=C(O)c1cc(Br)c(N2CC(S(=O)(=O)F)CC2=O)c([N+](=O)[O-])c1. The summed E-state index contributed by atoms with van der Waals surface area (Å²) in [5.74, 6) is -2.24. The molecular formula is C11H8BrFN2O7S. The van der Waals surface area contributed by atoms with E-state index in [-0.39, 0.29) is 10.2 Å². The van der Waals surface area contributed by atoms with Gasteiger partial charge in [-0.1, -0.05) is 0 Å². The molecule has 1 amide bonds. The molecule has 1 fully saturated rings. The Morgan fingerprint density at radius 2 is 2.09 bits per heavy atom. The fourth-order valence-corrected chi connectivity index (χ4v) is 3.53. The molecule has 1 aliphatic rings. The molecule has 124 valence electrons. The van der Waals surface area contributed by atoms with Crippen molar-refractivity contribution in [3.63, 3.8) is 0 Å². The van der Waals surface area contributed by atoms with E-state index in [2.05, 4.69) is 15.9 Å². The number of nitro groups is 1. The molecular weight excluding hydrogens is 403 g/mol. The molecule has 1 saturated heterocycles. The van der Waals surface area contributed by atoms with Gasteiger partial charge in [-0.15, -0.1) is 3.89 Å². The Morgan fingerprint density at radius 1 is 1.48 bits per heavy atom. The van der Waals surface area contributed by atoms with E-state index in [1.807, 2.05) is 0 Å². The average Bonchev–Trinajstić information content (AvgIpc) is 2.79. The van der Waals surface area contributed by atoms with E-state index in [0.717, 1.165) is 17.0 Å². The zero-order chi connectivity index (χ0) is 17.5. The number of carboxylic acid groups (broad SMARTS) is 1. The summed E-state index contributed by atoms with van der Waals surface area (Å²) in [6.45, 7) is -0.594. The highest BCUT2D eigenvalue weighted by atomic mass is 79.9. The second kappa shape index (κ2) is 5.85. The summed E-state index contributed by atoms with van der Waals surface area (Å²) in [6, 6.07) is 1.78. The third kappa shape index (κ3) is 3.32. The van der Waals surface area contributed by atoms with Gasteiger partial charge in [-0.2, -0.15) is 8.42 Å². The van der Waals surface area contributed by atoms with E-state index >= 15 is 0 Å². The van der Waals surface area contributed by atoms with Crippen LogP contribution in [0.1, 0.15) is 16.8 Å². The number of hydrogen-bond acceptors (Lipinski definition) is 6. The number of nitro benzene ring substituents is 1. The molecule has 1 aromatic rings. The molecule has 0 saturated carbocycles. The molecule has 0 radical (unpaired) electrons. The number of hydrogen-bond donors (Lipinski definition) is 1. The first-order chi connectivity index (χ1) is 10.5. The normalized spacial score (nSPS) is 18.3. The maximum absolute atomic E-state index is 13.1. The second-order valence-electron chi connectivity index (χ2n) is 4.69. The summed E-state index contributed by atoms with van der Waals surface area (Å²) >= 11 is 2.94. The van der Waals surface area contributed by atoms with Crippen LogP contribution in [-0.4, -0.2) is 42.1 Å². The average molecular weight is 411 g/mol. The van der Waals surface area contributed by atoms with Crippen LogP contribution in [0.25, 0.3) is 0 Å². The lowest BCUT2D eigenvalue weighted by molar-refractivity contribution is -0.384. The van der Waals surface area contributed by atoms with Crippen LogP contribution in [0.2, 0.25) is 0 Å². The van der Waals surface area contributed by atoms with Crippen LogP contribution >= 0.6 is 15.9 Å². The second-order valence-corrected chi connectivity index (χ2v) is 7.17. The molecule has 0 spiro atoms. The van der Waals surface area contributed by atoms with E-state index in [9.17, 15) is 32.0 Å². The van der Waals surface area contributed by atoms with Crippen molar-refractivity contribution < 1.29 is 31.9 Å². The van der Waals surface area contributed by atoms with Gasteiger partial charge in [0.05, 0.1) is 10.5 Å². The minimum absolute atomic E-state index is 0.0886. The van der Waals surface area contributed by atoms with Crippen molar-refractivity contribution >= 4 is 49.4 Å². The zero-order valence-electron chi connectivity index (χ0n) is 11.1. The molecule has 1 aromatic carbocycles. The topological polar surface area (TPSA) is 135 Å². The molecule has 1 heterocycles. The number of carboxylic acids is 1. The van der Waals surface area contributed by atoms with Crippen LogP contribution in [0.5, 0.6) is 0 Å². The van der Waals surface area contributed by atoms with E-state index in [1.165, 1.54) is 0 Å². The highest BCUT2D eigenvalue weighted by Crippen LogP contribution is 2.40. The highest BCUT2D eigenvalue weighted by Gasteiger charge is 2.42. The zero-order valence-corrected chi connectivity index (χ0v) is 13.5. The van der Waals surface area contributed by atoms with E-state index in [4.69, 9.17) is 5.11 Å². The first kappa shape index (κ1) is 17.3. The number of benzene rings is 1. The van der Waals surface area contributed by atoms with Gasteiger partial charge < -0.3 is 10.0 Å². The molecule has 0 aliphatic carbocycles. The number of carbonyl (C=O) groups is 2. The van der Waals surface area contributed by atoms with Crippen LogP contribution < -0.4 is 4.90 Å². The van der Waals surface area contributed by atoms with Crippen molar-refractivity contribution in [3.8, 4) is 0 Å². The molecule has 1 unspecified atom stereocenters. The minimum Gasteiger partial charge on any atom is -0.478 e. The monoisotopic (exact) mass is 410 g/mol. The van der Waals surface area contributed by atoms with Crippen molar-refractivity contribution in [2.45, 2.75) is 11.7 Å². The number of aromatic carboxylic acids is 1. The summed E-state index contributed by atoms with van der Waals surface area (Å²) in [7, 11) is -4.99. The van der Waals surface area contributed by atoms with Gasteiger partial charge in [0.25, 0.3) is 5.69 Å². The van der Waals surface area contributed by atoms with Gasteiger partial charge in [0.2, 0.25) is 5.91 Å². The van der Waals surface area contributed by atoms with E-state index < -0.39 is 56.5 Å². The lowest BCUT2D eigenvalue weighted by Gasteiger charge is -2.18. The molecule has 2 rings (SSSR count). The summed E-state index contributed by atoms with van der Waals surface area (Å²) in [5, 5.41) is 18.4. The van der Waals surface area contributed by atoms with Gasteiger partial charge in [0.1, 0.15) is 10.9 Å². The van der Waals surface area contributed by atoms with Crippen molar-refractivity contribution in [1.82, 2.24) is 0 Å². The predicted molar refractivity (Wildman–Crippen MR) is 78.5 cm³/mol. The van der Waals surface area contributed by atoms with E-state index in [1.54, 1.807) is 0 Å². The fourth-order valence-electron chi connectivity index (χ4n) is 2.19. The number of amides is 1. The lowest BCUT2D eigenvalue weighted by atomic mass is 10.1. The Bertz CT molecular complexity index is 826. The number of anilines is 1. The maximum Gasteiger partial charge on any atom is 0.335 e. The molecule has 1 aliphatic heterocycles. The lowest BCUT2D eigenvalue weighted by Crippen LogP contribution is -2.28. The van der Waals surface area contributed by atoms with E-state index in [0.29, 0.717) is 0 Å². The fraction of sp³-hybridized carbons (Fsp3) is 0.273. The van der Waals surface area contributed by atoms with Gasteiger partial charge in [-0.05, 0) is 22.0 Å². The molecule has 9 nitrogen and oxygen atoms in total. The van der Waals surface area contributed by atoms with Crippen LogP contribution in [-0.2, 0) is 15.0 Å². The van der Waals surface area contributed by atoms with Gasteiger partial charge in [-0.3, -0.25) is 14.9 Å². The summed E-state index contributed by atoms with van der Waals surface area (Å²) in [4.78, 5) is 33.9. The summed E-state index contributed by atoms with van der Waals surface area (Å²) in [5.41, 5.74) is -1.41. The van der Waals surface area contributed by atoms with Gasteiger partial charge in [0, 0.05) is 23.5 Å². The molecule has 0 bridgehead atoms. The third-order valence-corrected chi connectivity index (χ3v) is 4.96. The molecule has 0 aromatic heterocycles. The molecule has 1 N–H and O–H groups in total. The van der Waals surface area contributed by atoms with Gasteiger partial charge in [-0.25, -0.2) is 4.79 Å². The Labute approximate surface area is 137 Å². The molecule has 23 heavy (non-hydrogen) atoms. The molecule has 1 atom stereocenters. The van der Waals surface area contributed by atoms with Crippen LogP contribution in [0.3, 0.4) is 0 Å². The van der Waals surface area contributed by atoms with Gasteiger partial charge >= 0.3 is 16.2 Å². The first-order valence-corrected chi connectivity index (χ1v) is 8.21. The summed E-state index contributed by atoms with van der Waals surface area (Å²) in [6.07, 6.45) is -0.650. The maximum atomic E-state index is 13.1. The van der Waals surface area contributed by atoms with Crippen LogP contribution in [0.15, 0.2) is 16.6 Å². The van der Waals surface area contributed by atoms with Crippen molar-refractivity contribution in [3.05, 3.63) is 32.3 Å². The van der Waals surface area contributed by atoms with Crippen LogP contribution in [0, 0.1) is 10.1 Å². The number of carbonyl (C=O) groups excluding carboxylic acids is 1. The van der Waals surface area contributed by atoms with Crippen molar-refractivity contribution in [2.75, 3.05) is 11.4 Å². The highest BCUT2D eigenvalue weighted by molar-refractivity contribution is 9.10. The quantitative estimate of drug-likeness (QED) is 0.450.